The van der Waals surface area contributed by atoms with Gasteiger partial charge in [0.2, 0.25) is 0 Å². The molecule has 2 aliphatic rings. The van der Waals surface area contributed by atoms with Crippen molar-refractivity contribution in [2.24, 2.45) is 5.92 Å². The van der Waals surface area contributed by atoms with Crippen LogP contribution in [0.5, 0.6) is 0 Å². The summed E-state index contributed by atoms with van der Waals surface area (Å²) in [5, 5.41) is 3.12. The van der Waals surface area contributed by atoms with Crippen LogP contribution in [-0.4, -0.2) is 17.6 Å². The highest BCUT2D eigenvalue weighted by molar-refractivity contribution is 7.81. The monoisotopic (exact) mass is 418 g/mol. The fourth-order valence-electron chi connectivity index (χ4n) is 4.77. The first-order valence-electron chi connectivity index (χ1n) is 10.3. The summed E-state index contributed by atoms with van der Waals surface area (Å²) < 4.78 is 40.2. The number of hydrogen-bond donors (Lipinski definition) is 1. The van der Waals surface area contributed by atoms with Crippen LogP contribution in [0.25, 0.3) is 0 Å². The molecule has 1 saturated heterocycles. The van der Waals surface area contributed by atoms with Gasteiger partial charge in [-0.3, -0.25) is 0 Å². The van der Waals surface area contributed by atoms with Gasteiger partial charge in [-0.05, 0) is 49.8 Å². The van der Waals surface area contributed by atoms with E-state index in [2.05, 4.69) is 10.2 Å². The summed E-state index contributed by atoms with van der Waals surface area (Å²) in [7, 11) is 0. The Bertz CT molecular complexity index is 864. The fraction of sp³-hybridized carbons (Fsp3) is 0.435. The molecule has 4 rings (SSSR count). The van der Waals surface area contributed by atoms with Crippen molar-refractivity contribution in [2.45, 2.75) is 50.7 Å². The van der Waals surface area contributed by atoms with Gasteiger partial charge < -0.3 is 10.2 Å². The molecule has 0 unspecified atom stereocenters. The second-order valence-corrected chi connectivity index (χ2v) is 8.41. The number of nitrogens with zero attached hydrogens (tertiary/aromatic N) is 1. The molecule has 1 aliphatic heterocycles. The van der Waals surface area contributed by atoms with Crippen molar-refractivity contribution in [3.8, 4) is 0 Å². The third-order valence-corrected chi connectivity index (χ3v) is 6.50. The van der Waals surface area contributed by atoms with Crippen molar-refractivity contribution in [1.29, 1.82) is 0 Å². The van der Waals surface area contributed by atoms with Crippen molar-refractivity contribution >= 4 is 28.6 Å². The van der Waals surface area contributed by atoms with E-state index in [0.717, 1.165) is 30.6 Å². The molecule has 2 fully saturated rings. The number of thiocarbonyl (C=S) groups is 1. The second kappa shape index (κ2) is 8.34. The van der Waals surface area contributed by atoms with Crippen molar-refractivity contribution in [2.75, 3.05) is 16.8 Å². The highest BCUT2D eigenvalue weighted by Crippen LogP contribution is 2.42. The molecular formula is C23H25F3N2S. The van der Waals surface area contributed by atoms with Crippen LogP contribution in [0.1, 0.15) is 49.7 Å². The summed E-state index contributed by atoms with van der Waals surface area (Å²) >= 11 is 5.50. The van der Waals surface area contributed by atoms with Crippen LogP contribution in [-0.2, 0) is 6.18 Å². The number of rotatable bonds is 3. The van der Waals surface area contributed by atoms with E-state index >= 15 is 0 Å². The molecule has 154 valence electrons. The lowest BCUT2D eigenvalue weighted by Gasteiger charge is -2.46. The SMILES string of the molecule is FC(F)(F)c1ccc(N2CCC[C@H]3CCCC[C@@H]32)c(NC(=S)c2ccccc2)c1. The summed E-state index contributed by atoms with van der Waals surface area (Å²) in [6, 6.07) is 13.8. The minimum atomic E-state index is -4.39. The van der Waals surface area contributed by atoms with Gasteiger partial charge in [-0.25, -0.2) is 0 Å². The Kier molecular flexibility index (Phi) is 5.81. The van der Waals surface area contributed by atoms with Gasteiger partial charge in [-0.2, -0.15) is 13.2 Å². The zero-order valence-electron chi connectivity index (χ0n) is 16.2. The minimum absolute atomic E-state index is 0.403. The summed E-state index contributed by atoms with van der Waals surface area (Å²) in [5.74, 6) is 0.633. The Morgan fingerprint density at radius 1 is 0.966 bits per heavy atom. The number of alkyl halides is 3. The molecule has 0 amide bonds. The standard InChI is InChI=1S/C23H25F3N2S/c24-23(25,26)18-12-13-21(28-14-6-10-16-7-4-5-11-20(16)28)19(15-18)27-22(29)17-8-2-1-3-9-17/h1-3,8-9,12-13,15-16,20H,4-7,10-11,14H2,(H,27,29)/t16-,20+/m1/s1. The van der Waals surface area contributed by atoms with E-state index in [9.17, 15) is 13.2 Å². The summed E-state index contributed by atoms with van der Waals surface area (Å²) in [6.07, 6.45) is 2.66. The van der Waals surface area contributed by atoms with Crippen LogP contribution in [0, 0.1) is 5.92 Å². The minimum Gasteiger partial charge on any atom is -0.367 e. The van der Waals surface area contributed by atoms with E-state index in [1.54, 1.807) is 6.07 Å². The summed E-state index contributed by atoms with van der Waals surface area (Å²) in [6.45, 7) is 0.874. The maximum Gasteiger partial charge on any atom is 0.416 e. The molecular weight excluding hydrogens is 393 g/mol. The van der Waals surface area contributed by atoms with Gasteiger partial charge in [0.15, 0.2) is 0 Å². The van der Waals surface area contributed by atoms with Gasteiger partial charge in [-0.15, -0.1) is 0 Å². The predicted molar refractivity (Wildman–Crippen MR) is 116 cm³/mol. The molecule has 1 heterocycles. The zero-order valence-corrected chi connectivity index (χ0v) is 17.0. The van der Waals surface area contributed by atoms with Gasteiger partial charge >= 0.3 is 6.18 Å². The zero-order chi connectivity index (χ0) is 20.4. The van der Waals surface area contributed by atoms with Gasteiger partial charge in [0.25, 0.3) is 0 Å². The molecule has 1 aliphatic carbocycles. The van der Waals surface area contributed by atoms with E-state index < -0.39 is 11.7 Å². The number of anilines is 2. The Labute approximate surface area is 175 Å². The number of nitrogens with one attached hydrogen (secondary N) is 1. The Morgan fingerprint density at radius 2 is 1.69 bits per heavy atom. The van der Waals surface area contributed by atoms with Crippen molar-refractivity contribution in [3.05, 3.63) is 59.7 Å². The molecule has 6 heteroatoms. The Morgan fingerprint density at radius 3 is 2.45 bits per heavy atom. The Balaban J connectivity index is 1.70. The third-order valence-electron chi connectivity index (χ3n) is 6.16. The molecule has 0 bridgehead atoms. The highest BCUT2D eigenvalue weighted by atomic mass is 32.1. The van der Waals surface area contributed by atoms with Crippen LogP contribution in [0.2, 0.25) is 0 Å². The highest BCUT2D eigenvalue weighted by Gasteiger charge is 2.36. The van der Waals surface area contributed by atoms with E-state index in [0.29, 0.717) is 22.6 Å². The van der Waals surface area contributed by atoms with E-state index in [1.165, 1.54) is 37.8 Å². The van der Waals surface area contributed by atoms with Gasteiger partial charge in [0, 0.05) is 18.2 Å². The smallest absolute Gasteiger partial charge is 0.367 e. The number of fused-ring (bicyclic) bond motifs is 1. The molecule has 1 saturated carbocycles. The van der Waals surface area contributed by atoms with Gasteiger partial charge in [0.1, 0.15) is 4.99 Å². The lowest BCUT2D eigenvalue weighted by atomic mass is 9.78. The molecule has 0 spiro atoms. The third kappa shape index (κ3) is 4.42. The van der Waals surface area contributed by atoms with Gasteiger partial charge in [0.05, 0.1) is 16.9 Å². The van der Waals surface area contributed by atoms with Crippen LogP contribution in [0.3, 0.4) is 0 Å². The molecule has 0 aromatic heterocycles. The fourth-order valence-corrected chi connectivity index (χ4v) is 5.02. The quantitative estimate of drug-likeness (QED) is 0.562. The normalized spacial score (nSPS) is 22.1. The first-order chi connectivity index (χ1) is 13.9. The molecule has 1 N–H and O–H groups in total. The Hall–Kier alpha value is -2.08. The molecule has 2 aromatic carbocycles. The second-order valence-electron chi connectivity index (χ2n) is 8.00. The van der Waals surface area contributed by atoms with Crippen LogP contribution in [0.15, 0.2) is 48.5 Å². The van der Waals surface area contributed by atoms with E-state index in [4.69, 9.17) is 12.2 Å². The average Bonchev–Trinajstić information content (AvgIpc) is 2.73. The van der Waals surface area contributed by atoms with Crippen molar-refractivity contribution in [3.63, 3.8) is 0 Å². The first-order valence-corrected chi connectivity index (χ1v) is 10.7. The first kappa shape index (κ1) is 20.2. The van der Waals surface area contributed by atoms with Crippen LogP contribution >= 0.6 is 12.2 Å². The number of benzene rings is 2. The largest absolute Gasteiger partial charge is 0.416 e. The van der Waals surface area contributed by atoms with E-state index in [1.807, 2.05) is 30.3 Å². The van der Waals surface area contributed by atoms with Crippen molar-refractivity contribution < 1.29 is 13.2 Å². The molecule has 2 atom stereocenters. The molecule has 0 radical (unpaired) electrons. The summed E-state index contributed by atoms with van der Waals surface area (Å²) in [4.78, 5) is 2.76. The average molecular weight is 419 g/mol. The number of piperidine rings is 1. The molecule has 2 nitrogen and oxygen atoms in total. The molecule has 29 heavy (non-hydrogen) atoms. The topological polar surface area (TPSA) is 15.3 Å². The molecule has 2 aromatic rings. The number of hydrogen-bond acceptors (Lipinski definition) is 2. The lowest BCUT2D eigenvalue weighted by Crippen LogP contribution is -2.47. The van der Waals surface area contributed by atoms with Gasteiger partial charge in [-0.1, -0.05) is 55.4 Å². The van der Waals surface area contributed by atoms with Crippen molar-refractivity contribution in [1.82, 2.24) is 0 Å². The maximum absolute atomic E-state index is 13.4. The predicted octanol–water partition coefficient (Wildman–Crippen LogP) is 6.65. The van der Waals surface area contributed by atoms with Crippen LogP contribution in [0.4, 0.5) is 24.5 Å². The van der Waals surface area contributed by atoms with Crippen LogP contribution < -0.4 is 10.2 Å². The van der Waals surface area contributed by atoms with E-state index in [-0.39, 0.29) is 0 Å². The lowest BCUT2D eigenvalue weighted by molar-refractivity contribution is -0.137. The number of halogens is 3. The maximum atomic E-state index is 13.4. The summed E-state index contributed by atoms with van der Waals surface area (Å²) in [5.41, 5.74) is 1.41.